The highest BCUT2D eigenvalue weighted by atomic mass is 19.1. The Balaban J connectivity index is 1.41. The van der Waals surface area contributed by atoms with Crippen molar-refractivity contribution in [2.24, 2.45) is 0 Å². The van der Waals surface area contributed by atoms with Gasteiger partial charge in [0, 0.05) is 30.1 Å². The minimum atomic E-state index is -0.610. The van der Waals surface area contributed by atoms with Gasteiger partial charge in [0.05, 0.1) is 35.9 Å². The van der Waals surface area contributed by atoms with E-state index in [1.54, 1.807) is 18.5 Å². The number of rotatable bonds is 8. The molecule has 0 aliphatic carbocycles. The van der Waals surface area contributed by atoms with Gasteiger partial charge in [0.25, 0.3) is 0 Å². The predicted octanol–water partition coefficient (Wildman–Crippen LogP) is 5.23. The second kappa shape index (κ2) is 10.4. The fourth-order valence-corrected chi connectivity index (χ4v) is 4.10. The standard InChI is InChI=1S/C28H22F2N6/c29-24-11-9-23(26(30)13-24)16-35(17-25-12-10-22-3-1-2-4-27(22)33-25)18-28-34-32-19-36(28)15-21-7-5-20(14-31)6-8-21/h1-13,19H,15-18H2. The Labute approximate surface area is 207 Å². The molecule has 6 nitrogen and oxygen atoms in total. The molecule has 0 radical (unpaired) electrons. The molecule has 0 N–H and O–H groups in total. The van der Waals surface area contributed by atoms with E-state index >= 15 is 0 Å². The van der Waals surface area contributed by atoms with E-state index in [0.29, 0.717) is 36.6 Å². The van der Waals surface area contributed by atoms with Crippen molar-refractivity contribution < 1.29 is 8.78 Å². The fourth-order valence-electron chi connectivity index (χ4n) is 4.10. The van der Waals surface area contributed by atoms with Crippen LogP contribution in [-0.2, 0) is 26.2 Å². The van der Waals surface area contributed by atoms with Crippen molar-refractivity contribution in [2.75, 3.05) is 0 Å². The molecule has 8 heteroatoms. The molecule has 0 atom stereocenters. The van der Waals surface area contributed by atoms with Gasteiger partial charge in [-0.15, -0.1) is 10.2 Å². The van der Waals surface area contributed by atoms with Crippen molar-refractivity contribution in [2.45, 2.75) is 26.2 Å². The van der Waals surface area contributed by atoms with Gasteiger partial charge in [0.15, 0.2) is 0 Å². The van der Waals surface area contributed by atoms with Crippen LogP contribution in [-0.4, -0.2) is 24.6 Å². The number of para-hydroxylation sites is 1. The first-order valence-electron chi connectivity index (χ1n) is 11.4. The van der Waals surface area contributed by atoms with Crippen molar-refractivity contribution in [1.29, 1.82) is 5.26 Å². The van der Waals surface area contributed by atoms with Gasteiger partial charge in [-0.1, -0.05) is 42.5 Å². The van der Waals surface area contributed by atoms with Crippen LogP contribution in [0.5, 0.6) is 0 Å². The molecular weight excluding hydrogens is 458 g/mol. The van der Waals surface area contributed by atoms with Crippen LogP contribution in [0.1, 0.15) is 28.2 Å². The van der Waals surface area contributed by atoms with Crippen molar-refractivity contribution in [3.05, 3.63) is 125 Å². The van der Waals surface area contributed by atoms with Crippen molar-refractivity contribution in [1.82, 2.24) is 24.6 Å². The largest absolute Gasteiger partial charge is 0.312 e. The molecule has 0 unspecified atom stereocenters. The van der Waals surface area contributed by atoms with E-state index in [-0.39, 0.29) is 6.54 Å². The van der Waals surface area contributed by atoms with Gasteiger partial charge in [-0.3, -0.25) is 9.88 Å². The Morgan fingerprint density at radius 2 is 1.72 bits per heavy atom. The maximum absolute atomic E-state index is 14.5. The summed E-state index contributed by atoms with van der Waals surface area (Å²) in [6, 6.07) is 24.9. The summed E-state index contributed by atoms with van der Waals surface area (Å²) in [5.41, 5.74) is 3.69. The summed E-state index contributed by atoms with van der Waals surface area (Å²) < 4.78 is 29.9. The summed E-state index contributed by atoms with van der Waals surface area (Å²) in [4.78, 5) is 6.77. The number of fused-ring (bicyclic) bond motifs is 1. The smallest absolute Gasteiger partial charge is 0.147 e. The highest BCUT2D eigenvalue weighted by Crippen LogP contribution is 2.19. The average Bonchev–Trinajstić information content (AvgIpc) is 3.32. The lowest BCUT2D eigenvalue weighted by atomic mass is 10.1. The van der Waals surface area contributed by atoms with Gasteiger partial charge in [-0.2, -0.15) is 5.26 Å². The van der Waals surface area contributed by atoms with Crippen LogP contribution >= 0.6 is 0 Å². The number of hydrogen-bond acceptors (Lipinski definition) is 5. The first-order chi connectivity index (χ1) is 17.6. The topological polar surface area (TPSA) is 70.6 Å². The molecule has 0 spiro atoms. The number of hydrogen-bond donors (Lipinski definition) is 0. The average molecular weight is 481 g/mol. The highest BCUT2D eigenvalue weighted by molar-refractivity contribution is 5.78. The Kier molecular flexibility index (Phi) is 6.74. The minimum Gasteiger partial charge on any atom is -0.312 e. The molecule has 2 heterocycles. The molecule has 5 rings (SSSR count). The van der Waals surface area contributed by atoms with Crippen LogP contribution in [0, 0.1) is 23.0 Å². The summed E-state index contributed by atoms with van der Waals surface area (Å²) in [5, 5.41) is 18.5. The third kappa shape index (κ3) is 5.43. The zero-order valence-electron chi connectivity index (χ0n) is 19.4. The summed E-state index contributed by atoms with van der Waals surface area (Å²) in [5.74, 6) is -0.505. The molecule has 36 heavy (non-hydrogen) atoms. The molecule has 0 bridgehead atoms. The highest BCUT2D eigenvalue weighted by Gasteiger charge is 2.16. The quantitative estimate of drug-likeness (QED) is 0.304. The van der Waals surface area contributed by atoms with E-state index in [4.69, 9.17) is 10.2 Å². The Morgan fingerprint density at radius 1 is 0.889 bits per heavy atom. The zero-order valence-corrected chi connectivity index (χ0v) is 19.4. The number of benzene rings is 3. The molecule has 0 amide bonds. The summed E-state index contributed by atoms with van der Waals surface area (Å²) in [7, 11) is 0. The monoisotopic (exact) mass is 480 g/mol. The van der Waals surface area contributed by atoms with Gasteiger partial charge < -0.3 is 4.57 Å². The van der Waals surface area contributed by atoms with E-state index in [1.165, 1.54) is 12.1 Å². The van der Waals surface area contributed by atoms with Crippen LogP contribution in [0.2, 0.25) is 0 Å². The number of halogens is 2. The SMILES string of the molecule is N#Cc1ccc(Cn2cnnc2CN(Cc2ccc3ccccc3n2)Cc2ccc(F)cc2F)cc1. The molecule has 3 aromatic carbocycles. The van der Waals surface area contributed by atoms with E-state index in [0.717, 1.165) is 28.2 Å². The molecule has 0 aliphatic heterocycles. The Hall–Kier alpha value is -4.48. The second-order valence-electron chi connectivity index (χ2n) is 8.56. The normalized spacial score (nSPS) is 11.2. The van der Waals surface area contributed by atoms with Crippen molar-refractivity contribution in [3.8, 4) is 6.07 Å². The second-order valence-corrected chi connectivity index (χ2v) is 8.56. The Bertz CT molecular complexity index is 1540. The number of nitrogens with zero attached hydrogens (tertiary/aromatic N) is 6. The van der Waals surface area contributed by atoms with Crippen LogP contribution in [0.4, 0.5) is 8.78 Å². The first-order valence-corrected chi connectivity index (χ1v) is 11.4. The number of nitriles is 1. The third-order valence-corrected chi connectivity index (χ3v) is 5.95. The first kappa shape index (κ1) is 23.3. The fraction of sp³-hybridized carbons (Fsp3) is 0.143. The van der Waals surface area contributed by atoms with Crippen molar-refractivity contribution in [3.63, 3.8) is 0 Å². The van der Waals surface area contributed by atoms with Gasteiger partial charge >= 0.3 is 0 Å². The molecule has 178 valence electrons. The van der Waals surface area contributed by atoms with E-state index < -0.39 is 11.6 Å². The lowest BCUT2D eigenvalue weighted by molar-refractivity contribution is 0.232. The summed E-state index contributed by atoms with van der Waals surface area (Å²) in [6.07, 6.45) is 1.65. The van der Waals surface area contributed by atoms with Gasteiger partial charge in [0.1, 0.15) is 23.8 Å². The summed E-state index contributed by atoms with van der Waals surface area (Å²) in [6.45, 7) is 1.58. The predicted molar refractivity (Wildman–Crippen MR) is 131 cm³/mol. The van der Waals surface area contributed by atoms with E-state index in [9.17, 15) is 8.78 Å². The molecule has 0 fully saturated rings. The lowest BCUT2D eigenvalue weighted by Gasteiger charge is -2.22. The van der Waals surface area contributed by atoms with Gasteiger partial charge in [-0.25, -0.2) is 8.78 Å². The van der Waals surface area contributed by atoms with E-state index in [2.05, 4.69) is 16.3 Å². The molecule has 2 aromatic heterocycles. The van der Waals surface area contributed by atoms with Crippen LogP contribution < -0.4 is 0 Å². The third-order valence-electron chi connectivity index (χ3n) is 5.95. The van der Waals surface area contributed by atoms with E-state index in [1.807, 2.05) is 58.0 Å². The lowest BCUT2D eigenvalue weighted by Crippen LogP contribution is -2.25. The van der Waals surface area contributed by atoms with Gasteiger partial charge in [0.2, 0.25) is 0 Å². The molecular formula is C28H22F2N6. The van der Waals surface area contributed by atoms with Crippen LogP contribution in [0.25, 0.3) is 10.9 Å². The van der Waals surface area contributed by atoms with Gasteiger partial charge in [-0.05, 0) is 35.9 Å². The molecule has 0 aliphatic rings. The maximum atomic E-state index is 14.5. The van der Waals surface area contributed by atoms with Crippen molar-refractivity contribution >= 4 is 10.9 Å². The van der Waals surface area contributed by atoms with Crippen LogP contribution in [0.15, 0.2) is 85.2 Å². The zero-order chi connectivity index (χ0) is 24.9. The number of pyridine rings is 1. The Morgan fingerprint density at radius 3 is 2.53 bits per heavy atom. The molecule has 5 aromatic rings. The minimum absolute atomic E-state index is 0.240. The maximum Gasteiger partial charge on any atom is 0.147 e. The molecule has 0 saturated heterocycles. The number of aromatic nitrogens is 4. The van der Waals surface area contributed by atoms with Crippen LogP contribution in [0.3, 0.4) is 0 Å². The summed E-state index contributed by atoms with van der Waals surface area (Å²) >= 11 is 0. The molecule has 0 saturated carbocycles.